The fourth-order valence-corrected chi connectivity index (χ4v) is 1.94. The zero-order valence-corrected chi connectivity index (χ0v) is 10.4. The summed E-state index contributed by atoms with van der Waals surface area (Å²) in [5, 5.41) is 4.29. The molecular weight excluding hydrogens is 234 g/mol. The van der Waals surface area contributed by atoms with Gasteiger partial charge >= 0.3 is 0 Å². The number of para-hydroxylation sites is 1. The van der Waals surface area contributed by atoms with Crippen LogP contribution in [0.1, 0.15) is 12.8 Å². The highest BCUT2D eigenvalue weighted by molar-refractivity contribution is 6.17. The summed E-state index contributed by atoms with van der Waals surface area (Å²) in [6, 6.07) is 7.88. The van der Waals surface area contributed by atoms with Crippen molar-refractivity contribution in [1.82, 2.24) is 4.98 Å². The summed E-state index contributed by atoms with van der Waals surface area (Å²) < 4.78 is 0. The highest BCUT2D eigenvalue weighted by Crippen LogP contribution is 2.26. The predicted octanol–water partition coefficient (Wildman–Crippen LogP) is 3.25. The second-order valence-electron chi connectivity index (χ2n) is 3.93. The Morgan fingerprint density at radius 2 is 2.06 bits per heavy atom. The van der Waals surface area contributed by atoms with Gasteiger partial charge in [0.15, 0.2) is 0 Å². The van der Waals surface area contributed by atoms with Crippen LogP contribution in [0.5, 0.6) is 0 Å². The number of benzene rings is 1. The first-order valence-electron chi connectivity index (χ1n) is 5.76. The quantitative estimate of drug-likeness (QED) is 0.632. The van der Waals surface area contributed by atoms with E-state index in [9.17, 15) is 0 Å². The SMILES string of the molecule is Nc1c(NCCCCCl)cnc2ccccc12. The summed E-state index contributed by atoms with van der Waals surface area (Å²) in [7, 11) is 0. The van der Waals surface area contributed by atoms with Gasteiger partial charge in [0, 0.05) is 17.8 Å². The second kappa shape index (κ2) is 5.73. The molecule has 0 fully saturated rings. The van der Waals surface area contributed by atoms with Crippen LogP contribution in [0.25, 0.3) is 10.9 Å². The number of nitrogens with zero attached hydrogens (tertiary/aromatic N) is 1. The molecule has 0 saturated heterocycles. The van der Waals surface area contributed by atoms with Crippen LogP contribution in [0.3, 0.4) is 0 Å². The summed E-state index contributed by atoms with van der Waals surface area (Å²) >= 11 is 5.63. The van der Waals surface area contributed by atoms with Gasteiger partial charge in [-0.1, -0.05) is 18.2 Å². The summed E-state index contributed by atoms with van der Waals surface area (Å²) in [6.45, 7) is 0.872. The van der Waals surface area contributed by atoms with Crippen molar-refractivity contribution in [3.63, 3.8) is 0 Å². The molecular formula is C13H16ClN3. The molecule has 0 saturated carbocycles. The van der Waals surface area contributed by atoms with Crippen molar-refractivity contribution >= 4 is 33.9 Å². The van der Waals surface area contributed by atoms with E-state index in [4.69, 9.17) is 17.3 Å². The van der Waals surface area contributed by atoms with Crippen molar-refractivity contribution in [3.05, 3.63) is 30.5 Å². The minimum absolute atomic E-state index is 0.702. The van der Waals surface area contributed by atoms with Crippen LogP contribution in [-0.4, -0.2) is 17.4 Å². The Hall–Kier alpha value is -1.48. The Morgan fingerprint density at radius 1 is 1.24 bits per heavy atom. The van der Waals surface area contributed by atoms with E-state index < -0.39 is 0 Å². The van der Waals surface area contributed by atoms with E-state index in [1.165, 1.54) is 0 Å². The highest BCUT2D eigenvalue weighted by atomic mass is 35.5. The van der Waals surface area contributed by atoms with E-state index in [-0.39, 0.29) is 0 Å². The number of aromatic nitrogens is 1. The lowest BCUT2D eigenvalue weighted by molar-refractivity contribution is 0.839. The maximum atomic E-state index is 6.11. The molecule has 3 N–H and O–H groups in total. The average molecular weight is 250 g/mol. The molecule has 0 unspecified atom stereocenters. The maximum absolute atomic E-state index is 6.11. The molecule has 2 aromatic rings. The van der Waals surface area contributed by atoms with Crippen LogP contribution in [0.15, 0.2) is 30.5 Å². The topological polar surface area (TPSA) is 50.9 Å². The van der Waals surface area contributed by atoms with Crippen molar-refractivity contribution in [3.8, 4) is 0 Å². The minimum Gasteiger partial charge on any atom is -0.396 e. The Labute approximate surface area is 106 Å². The van der Waals surface area contributed by atoms with Crippen LogP contribution in [0.4, 0.5) is 11.4 Å². The van der Waals surface area contributed by atoms with Gasteiger partial charge in [-0.2, -0.15) is 0 Å². The van der Waals surface area contributed by atoms with Crippen molar-refractivity contribution in [2.75, 3.05) is 23.5 Å². The van der Waals surface area contributed by atoms with Gasteiger partial charge in [0.1, 0.15) is 0 Å². The number of hydrogen-bond donors (Lipinski definition) is 2. The van der Waals surface area contributed by atoms with Crippen molar-refractivity contribution in [2.45, 2.75) is 12.8 Å². The highest BCUT2D eigenvalue weighted by Gasteiger charge is 2.04. The van der Waals surface area contributed by atoms with E-state index >= 15 is 0 Å². The summed E-state index contributed by atoms with van der Waals surface area (Å²) in [5.74, 6) is 0.702. The van der Waals surface area contributed by atoms with Gasteiger partial charge < -0.3 is 11.1 Å². The number of unbranched alkanes of at least 4 members (excludes halogenated alkanes) is 1. The molecule has 0 aliphatic heterocycles. The molecule has 1 aromatic heterocycles. The molecule has 0 atom stereocenters. The smallest absolute Gasteiger partial charge is 0.0767 e. The third-order valence-corrected chi connectivity index (χ3v) is 2.96. The van der Waals surface area contributed by atoms with E-state index in [0.29, 0.717) is 5.88 Å². The molecule has 17 heavy (non-hydrogen) atoms. The van der Waals surface area contributed by atoms with Crippen molar-refractivity contribution in [1.29, 1.82) is 0 Å². The van der Waals surface area contributed by atoms with Gasteiger partial charge in [0.25, 0.3) is 0 Å². The van der Waals surface area contributed by atoms with E-state index in [0.717, 1.165) is 41.7 Å². The third kappa shape index (κ3) is 2.80. The van der Waals surface area contributed by atoms with Crippen molar-refractivity contribution in [2.24, 2.45) is 0 Å². The van der Waals surface area contributed by atoms with Gasteiger partial charge in [-0.15, -0.1) is 11.6 Å². The molecule has 0 bridgehead atoms. The third-order valence-electron chi connectivity index (χ3n) is 2.69. The zero-order valence-electron chi connectivity index (χ0n) is 9.62. The molecule has 4 heteroatoms. The molecule has 0 spiro atoms. The minimum atomic E-state index is 0.702. The predicted molar refractivity (Wildman–Crippen MR) is 74.6 cm³/mol. The van der Waals surface area contributed by atoms with Crippen LogP contribution >= 0.6 is 11.6 Å². The first-order valence-corrected chi connectivity index (χ1v) is 6.29. The number of nitrogen functional groups attached to an aromatic ring is 1. The van der Waals surface area contributed by atoms with E-state index in [2.05, 4.69) is 10.3 Å². The van der Waals surface area contributed by atoms with Crippen LogP contribution in [-0.2, 0) is 0 Å². The number of pyridine rings is 1. The molecule has 0 aliphatic rings. The fourth-order valence-electron chi connectivity index (χ4n) is 1.75. The largest absolute Gasteiger partial charge is 0.396 e. The second-order valence-corrected chi connectivity index (χ2v) is 4.30. The number of halogens is 1. The maximum Gasteiger partial charge on any atom is 0.0767 e. The first-order chi connectivity index (χ1) is 8.33. The standard InChI is InChI=1S/C13H16ClN3/c14-7-3-4-8-16-12-9-17-11-6-2-1-5-10(11)13(12)15/h1-2,5-6,9,16H,3-4,7-8H2,(H2,15,17). The molecule has 2 rings (SSSR count). The number of rotatable bonds is 5. The van der Waals surface area contributed by atoms with Crippen LogP contribution in [0, 0.1) is 0 Å². The van der Waals surface area contributed by atoms with Gasteiger partial charge in [-0.05, 0) is 18.9 Å². The normalized spacial score (nSPS) is 10.6. The fraction of sp³-hybridized carbons (Fsp3) is 0.308. The van der Waals surface area contributed by atoms with Gasteiger partial charge in [0.2, 0.25) is 0 Å². The number of alkyl halides is 1. The molecule has 1 aromatic carbocycles. The number of anilines is 2. The monoisotopic (exact) mass is 249 g/mol. The van der Waals surface area contributed by atoms with Gasteiger partial charge in [-0.3, -0.25) is 4.98 Å². The molecule has 0 radical (unpaired) electrons. The number of nitrogens with two attached hydrogens (primary N) is 1. The lowest BCUT2D eigenvalue weighted by Gasteiger charge is -2.10. The summed E-state index contributed by atoms with van der Waals surface area (Å²) in [5.41, 5.74) is 8.70. The van der Waals surface area contributed by atoms with Crippen LogP contribution < -0.4 is 11.1 Å². The van der Waals surface area contributed by atoms with Crippen LogP contribution in [0.2, 0.25) is 0 Å². The molecule has 90 valence electrons. The molecule has 0 amide bonds. The van der Waals surface area contributed by atoms with Gasteiger partial charge in [0.05, 0.1) is 23.1 Å². The Morgan fingerprint density at radius 3 is 2.88 bits per heavy atom. The zero-order chi connectivity index (χ0) is 12.1. The number of fused-ring (bicyclic) bond motifs is 1. The lowest BCUT2D eigenvalue weighted by Crippen LogP contribution is -2.05. The first kappa shape index (κ1) is 12.0. The average Bonchev–Trinajstić information content (AvgIpc) is 2.37. The molecule has 0 aliphatic carbocycles. The van der Waals surface area contributed by atoms with E-state index in [1.54, 1.807) is 6.20 Å². The van der Waals surface area contributed by atoms with E-state index in [1.807, 2.05) is 24.3 Å². The number of nitrogens with one attached hydrogen (secondary N) is 1. The molecule has 1 heterocycles. The number of hydrogen-bond acceptors (Lipinski definition) is 3. The Kier molecular flexibility index (Phi) is 4.04. The van der Waals surface area contributed by atoms with Crippen molar-refractivity contribution < 1.29 is 0 Å². The summed E-state index contributed by atoms with van der Waals surface area (Å²) in [4.78, 5) is 4.37. The lowest BCUT2D eigenvalue weighted by atomic mass is 10.1. The Balaban J connectivity index is 2.15. The van der Waals surface area contributed by atoms with Gasteiger partial charge in [-0.25, -0.2) is 0 Å². The Bertz CT molecular complexity index is 499. The summed E-state index contributed by atoms with van der Waals surface area (Å²) in [6.07, 6.45) is 3.84. The molecule has 3 nitrogen and oxygen atoms in total.